The van der Waals surface area contributed by atoms with Crippen LogP contribution in [0.25, 0.3) is 0 Å². The number of likely N-dealkylation sites (tertiary alicyclic amines) is 1. The summed E-state index contributed by atoms with van der Waals surface area (Å²) in [6.07, 6.45) is -0.737. The first kappa shape index (κ1) is 16.7. The number of nitrogens with zero attached hydrogens (tertiary/aromatic N) is 2. The van der Waals surface area contributed by atoms with Crippen LogP contribution >= 0.6 is 11.6 Å². The fourth-order valence-electron chi connectivity index (χ4n) is 2.51. The van der Waals surface area contributed by atoms with Crippen LogP contribution < -0.4 is 4.74 Å². The van der Waals surface area contributed by atoms with Gasteiger partial charge in [0.1, 0.15) is 18.2 Å². The van der Waals surface area contributed by atoms with E-state index in [4.69, 9.17) is 26.0 Å². The van der Waals surface area contributed by atoms with Gasteiger partial charge in [0.25, 0.3) is 5.91 Å². The lowest BCUT2D eigenvalue weighted by Crippen LogP contribution is -2.52. The van der Waals surface area contributed by atoms with E-state index in [-0.39, 0.29) is 29.2 Å². The van der Waals surface area contributed by atoms with Gasteiger partial charge in [0.2, 0.25) is 0 Å². The molecule has 8 heteroatoms. The summed E-state index contributed by atoms with van der Waals surface area (Å²) >= 11 is 5.90. The average Bonchev–Trinajstić information content (AvgIpc) is 2.97. The Morgan fingerprint density at radius 2 is 2.29 bits per heavy atom. The van der Waals surface area contributed by atoms with E-state index >= 15 is 0 Å². The van der Waals surface area contributed by atoms with Gasteiger partial charge in [-0.1, -0.05) is 16.8 Å². The predicted octanol–water partition coefficient (Wildman–Crippen LogP) is 2.35. The van der Waals surface area contributed by atoms with E-state index in [1.807, 2.05) is 0 Å². The molecule has 1 aliphatic rings. The van der Waals surface area contributed by atoms with Crippen LogP contribution in [0.3, 0.4) is 0 Å². The first-order valence-corrected chi connectivity index (χ1v) is 7.82. The smallest absolute Gasteiger partial charge is 0.263 e. The lowest BCUT2D eigenvalue weighted by atomic mass is 9.95. The normalized spacial score (nSPS) is 15.9. The Kier molecular flexibility index (Phi) is 4.73. The Labute approximate surface area is 142 Å². The zero-order chi connectivity index (χ0) is 17.3. The van der Waals surface area contributed by atoms with Gasteiger partial charge in [0.15, 0.2) is 11.9 Å². The zero-order valence-corrected chi connectivity index (χ0v) is 13.7. The molecule has 1 aromatic carbocycles. The van der Waals surface area contributed by atoms with E-state index in [0.717, 1.165) is 11.8 Å². The van der Waals surface area contributed by atoms with E-state index in [1.165, 1.54) is 12.1 Å². The van der Waals surface area contributed by atoms with Gasteiger partial charge in [-0.05, 0) is 25.1 Å². The molecule has 1 unspecified atom stereocenters. The van der Waals surface area contributed by atoms with Crippen molar-refractivity contribution in [3.63, 3.8) is 0 Å². The standard InChI is InChI=1S/C16H16ClFN2O4/c1-9(23-15-3-2-11(18)4-13(15)17)16(22)20-6-10(7-20)14-5-12(8-21)24-19-14/h2-5,9-10,21H,6-8H2,1H3. The van der Waals surface area contributed by atoms with E-state index in [1.54, 1.807) is 17.9 Å². The summed E-state index contributed by atoms with van der Waals surface area (Å²) in [4.78, 5) is 14.0. The molecule has 1 aromatic heterocycles. The number of aromatic nitrogens is 1. The Hall–Kier alpha value is -2.12. The van der Waals surface area contributed by atoms with Gasteiger partial charge in [0.05, 0.1) is 10.7 Å². The summed E-state index contributed by atoms with van der Waals surface area (Å²) < 4.78 is 23.5. The quantitative estimate of drug-likeness (QED) is 0.892. The molecule has 0 spiro atoms. The third kappa shape index (κ3) is 3.37. The van der Waals surface area contributed by atoms with Crippen LogP contribution in [-0.2, 0) is 11.4 Å². The predicted molar refractivity (Wildman–Crippen MR) is 83.2 cm³/mol. The topological polar surface area (TPSA) is 75.8 Å². The Bertz CT molecular complexity index is 745. The number of aliphatic hydroxyl groups is 1. The number of benzene rings is 1. The first-order valence-electron chi connectivity index (χ1n) is 7.44. The van der Waals surface area contributed by atoms with E-state index in [2.05, 4.69) is 5.16 Å². The van der Waals surface area contributed by atoms with Crippen LogP contribution in [0.4, 0.5) is 4.39 Å². The maximum absolute atomic E-state index is 13.0. The molecule has 1 aliphatic heterocycles. The molecule has 1 amide bonds. The largest absolute Gasteiger partial charge is 0.479 e. The second kappa shape index (κ2) is 6.78. The highest BCUT2D eigenvalue weighted by atomic mass is 35.5. The molecular weight excluding hydrogens is 339 g/mol. The SMILES string of the molecule is CC(Oc1ccc(F)cc1Cl)C(=O)N1CC(c2cc(CO)on2)C1. The maximum Gasteiger partial charge on any atom is 0.263 e. The minimum absolute atomic E-state index is 0.0830. The van der Waals surface area contributed by atoms with Crippen molar-refractivity contribution in [2.75, 3.05) is 13.1 Å². The number of amides is 1. The molecule has 0 aliphatic carbocycles. The van der Waals surface area contributed by atoms with E-state index in [9.17, 15) is 9.18 Å². The zero-order valence-electron chi connectivity index (χ0n) is 12.9. The fraction of sp³-hybridized carbons (Fsp3) is 0.375. The van der Waals surface area contributed by atoms with Crippen molar-refractivity contribution in [1.82, 2.24) is 10.1 Å². The Balaban J connectivity index is 1.55. The van der Waals surface area contributed by atoms with Crippen molar-refractivity contribution in [3.8, 4) is 5.75 Å². The molecule has 6 nitrogen and oxygen atoms in total. The van der Waals surface area contributed by atoms with Crippen molar-refractivity contribution in [2.24, 2.45) is 0 Å². The number of ether oxygens (including phenoxy) is 1. The van der Waals surface area contributed by atoms with Crippen LogP contribution in [0, 0.1) is 5.82 Å². The summed E-state index contributed by atoms with van der Waals surface area (Å²) in [6.45, 7) is 2.42. The van der Waals surface area contributed by atoms with Gasteiger partial charge in [-0.2, -0.15) is 0 Å². The summed E-state index contributed by atoms with van der Waals surface area (Å²) in [5.74, 6) is 0.0985. The minimum Gasteiger partial charge on any atom is -0.479 e. The number of aliphatic hydroxyl groups excluding tert-OH is 1. The number of hydrogen-bond donors (Lipinski definition) is 1. The third-order valence-electron chi connectivity index (χ3n) is 3.89. The second-order valence-corrected chi connectivity index (χ2v) is 6.06. The number of rotatable bonds is 5. The number of carbonyl (C=O) groups excluding carboxylic acids is 1. The molecule has 1 saturated heterocycles. The van der Waals surface area contributed by atoms with Gasteiger partial charge < -0.3 is 19.3 Å². The molecule has 3 rings (SSSR count). The Morgan fingerprint density at radius 3 is 2.92 bits per heavy atom. The van der Waals surface area contributed by atoms with Gasteiger partial charge in [0, 0.05) is 25.1 Å². The molecule has 1 N–H and O–H groups in total. The van der Waals surface area contributed by atoms with Gasteiger partial charge in [-0.15, -0.1) is 0 Å². The lowest BCUT2D eigenvalue weighted by molar-refractivity contribution is -0.142. The van der Waals surface area contributed by atoms with Crippen molar-refractivity contribution < 1.29 is 23.6 Å². The molecule has 2 heterocycles. The number of hydrogen-bond acceptors (Lipinski definition) is 5. The van der Waals surface area contributed by atoms with Crippen LogP contribution in [0.15, 0.2) is 28.8 Å². The third-order valence-corrected chi connectivity index (χ3v) is 4.19. The van der Waals surface area contributed by atoms with Crippen LogP contribution in [0.5, 0.6) is 5.75 Å². The van der Waals surface area contributed by atoms with Gasteiger partial charge in [-0.3, -0.25) is 4.79 Å². The second-order valence-electron chi connectivity index (χ2n) is 5.65. The lowest BCUT2D eigenvalue weighted by Gasteiger charge is -2.39. The molecule has 0 radical (unpaired) electrons. The highest BCUT2D eigenvalue weighted by Gasteiger charge is 2.36. The van der Waals surface area contributed by atoms with Crippen molar-refractivity contribution in [3.05, 3.63) is 46.6 Å². The molecule has 1 fully saturated rings. The molecule has 0 bridgehead atoms. The average molecular weight is 355 g/mol. The molecule has 128 valence electrons. The first-order chi connectivity index (χ1) is 11.5. The number of halogens is 2. The van der Waals surface area contributed by atoms with Crippen molar-refractivity contribution in [2.45, 2.75) is 25.6 Å². The van der Waals surface area contributed by atoms with Crippen molar-refractivity contribution >= 4 is 17.5 Å². The van der Waals surface area contributed by atoms with E-state index < -0.39 is 11.9 Å². The van der Waals surface area contributed by atoms with Gasteiger partial charge >= 0.3 is 0 Å². The summed E-state index contributed by atoms with van der Waals surface area (Å²) in [7, 11) is 0. The minimum atomic E-state index is -0.737. The van der Waals surface area contributed by atoms with E-state index in [0.29, 0.717) is 18.8 Å². The van der Waals surface area contributed by atoms with Crippen LogP contribution in [-0.4, -0.2) is 40.3 Å². The van der Waals surface area contributed by atoms with Crippen LogP contribution in [0.2, 0.25) is 5.02 Å². The monoisotopic (exact) mass is 354 g/mol. The molecule has 24 heavy (non-hydrogen) atoms. The summed E-state index contributed by atoms with van der Waals surface area (Å²) in [6, 6.07) is 5.44. The maximum atomic E-state index is 13.0. The Morgan fingerprint density at radius 1 is 1.54 bits per heavy atom. The fourth-order valence-corrected chi connectivity index (χ4v) is 2.72. The van der Waals surface area contributed by atoms with Crippen LogP contribution in [0.1, 0.15) is 24.3 Å². The molecule has 0 saturated carbocycles. The summed E-state index contributed by atoms with van der Waals surface area (Å²) in [5, 5.41) is 13.0. The van der Waals surface area contributed by atoms with Gasteiger partial charge in [-0.25, -0.2) is 4.39 Å². The highest BCUT2D eigenvalue weighted by molar-refractivity contribution is 6.32. The van der Waals surface area contributed by atoms with Crippen molar-refractivity contribution in [1.29, 1.82) is 0 Å². The highest BCUT2D eigenvalue weighted by Crippen LogP contribution is 2.29. The molecular formula is C16H16ClFN2O4. The number of carbonyl (C=O) groups is 1. The molecule has 1 atom stereocenters. The molecule has 2 aromatic rings. The summed E-state index contributed by atoms with van der Waals surface area (Å²) in [5.41, 5.74) is 0.721.